The zero-order valence-corrected chi connectivity index (χ0v) is 18.9. The van der Waals surface area contributed by atoms with Gasteiger partial charge in [-0.05, 0) is 58.6 Å². The highest BCUT2D eigenvalue weighted by atomic mass is 16.6. The molecular formula is C24H34N4O3. The Morgan fingerprint density at radius 2 is 1.94 bits per heavy atom. The van der Waals surface area contributed by atoms with E-state index in [-0.39, 0.29) is 6.04 Å². The fourth-order valence-corrected chi connectivity index (χ4v) is 4.72. The quantitative estimate of drug-likeness (QED) is 0.717. The molecule has 1 N–H and O–H groups in total. The van der Waals surface area contributed by atoms with Crippen molar-refractivity contribution in [3.8, 4) is 0 Å². The SMILES string of the molecule is CC(C)(C)OC(=O)NC1(c2noc([C@H]3CCCCN3Cc3ccccc3)n2)CCCC1. The van der Waals surface area contributed by atoms with Crippen LogP contribution in [0.15, 0.2) is 34.9 Å². The predicted molar refractivity (Wildman–Crippen MR) is 117 cm³/mol. The maximum Gasteiger partial charge on any atom is 0.408 e. The van der Waals surface area contributed by atoms with E-state index in [1.807, 2.05) is 26.8 Å². The monoisotopic (exact) mass is 426 g/mol. The fraction of sp³-hybridized carbons (Fsp3) is 0.625. The van der Waals surface area contributed by atoms with E-state index >= 15 is 0 Å². The highest BCUT2D eigenvalue weighted by Crippen LogP contribution is 2.39. The Morgan fingerprint density at radius 3 is 2.65 bits per heavy atom. The van der Waals surface area contributed by atoms with Gasteiger partial charge in [-0.2, -0.15) is 4.98 Å². The molecule has 2 aromatic rings. The summed E-state index contributed by atoms with van der Waals surface area (Å²) >= 11 is 0. The number of rotatable bonds is 5. The summed E-state index contributed by atoms with van der Waals surface area (Å²) in [5.74, 6) is 1.24. The van der Waals surface area contributed by atoms with Crippen LogP contribution in [-0.4, -0.2) is 33.3 Å². The van der Waals surface area contributed by atoms with E-state index in [1.165, 1.54) is 12.0 Å². The molecule has 1 aromatic carbocycles. The third-order valence-electron chi connectivity index (χ3n) is 6.19. The Balaban J connectivity index is 1.52. The van der Waals surface area contributed by atoms with Gasteiger partial charge in [0.15, 0.2) is 5.82 Å². The van der Waals surface area contributed by atoms with E-state index in [0.717, 1.165) is 51.6 Å². The number of carbonyl (C=O) groups excluding carboxylic acids is 1. The molecule has 1 saturated heterocycles. The van der Waals surface area contributed by atoms with Crippen LogP contribution in [0.4, 0.5) is 4.79 Å². The van der Waals surface area contributed by atoms with Crippen molar-refractivity contribution < 1.29 is 14.1 Å². The summed E-state index contributed by atoms with van der Waals surface area (Å²) in [7, 11) is 0. The summed E-state index contributed by atoms with van der Waals surface area (Å²) in [6.07, 6.45) is 6.52. The van der Waals surface area contributed by atoms with E-state index in [9.17, 15) is 4.79 Å². The predicted octanol–water partition coefficient (Wildman–Crippen LogP) is 5.09. The average Bonchev–Trinajstić information content (AvgIpc) is 3.38. The lowest BCUT2D eigenvalue weighted by Crippen LogP contribution is -2.46. The Hall–Kier alpha value is -2.41. The number of nitrogens with one attached hydrogen (secondary N) is 1. The van der Waals surface area contributed by atoms with Crippen LogP contribution in [0, 0.1) is 0 Å². The lowest BCUT2D eigenvalue weighted by Gasteiger charge is -2.33. The van der Waals surface area contributed by atoms with E-state index in [2.05, 4.69) is 39.6 Å². The number of piperidine rings is 1. The first-order valence-electron chi connectivity index (χ1n) is 11.5. The van der Waals surface area contributed by atoms with Crippen molar-refractivity contribution in [1.29, 1.82) is 0 Å². The van der Waals surface area contributed by atoms with Gasteiger partial charge in [0.2, 0.25) is 5.89 Å². The molecule has 0 spiro atoms. The summed E-state index contributed by atoms with van der Waals surface area (Å²) in [4.78, 5) is 19.8. The number of nitrogens with zero attached hydrogens (tertiary/aromatic N) is 3. The molecule has 2 fully saturated rings. The van der Waals surface area contributed by atoms with Gasteiger partial charge in [-0.25, -0.2) is 4.79 Å². The third-order valence-corrected chi connectivity index (χ3v) is 6.19. The maximum absolute atomic E-state index is 12.5. The minimum atomic E-state index is -0.608. The second-order valence-corrected chi connectivity index (χ2v) is 9.84. The lowest BCUT2D eigenvalue weighted by molar-refractivity contribution is 0.0446. The topological polar surface area (TPSA) is 80.5 Å². The molecule has 2 aliphatic rings. The largest absolute Gasteiger partial charge is 0.444 e. The molecule has 2 heterocycles. The molecule has 1 aliphatic heterocycles. The van der Waals surface area contributed by atoms with Gasteiger partial charge in [-0.3, -0.25) is 4.90 Å². The smallest absolute Gasteiger partial charge is 0.408 e. The minimum absolute atomic E-state index is 0.107. The van der Waals surface area contributed by atoms with E-state index in [0.29, 0.717) is 11.7 Å². The van der Waals surface area contributed by atoms with Crippen LogP contribution in [0.1, 0.15) is 89.0 Å². The molecular weight excluding hydrogens is 392 g/mol. The molecule has 168 valence electrons. The van der Waals surface area contributed by atoms with E-state index < -0.39 is 17.2 Å². The number of amides is 1. The standard InChI is InChI=1S/C24H34N4O3/c1-23(2,3)30-22(29)26-24(14-8-9-15-24)21-25-20(31-27-21)19-13-7-10-16-28(19)17-18-11-5-4-6-12-18/h4-6,11-12,19H,7-10,13-17H2,1-3H3,(H,26,29)/t19-/m1/s1. The average molecular weight is 427 g/mol. The fourth-order valence-electron chi connectivity index (χ4n) is 4.72. The van der Waals surface area contributed by atoms with Gasteiger partial charge in [-0.1, -0.05) is 54.8 Å². The zero-order valence-electron chi connectivity index (χ0n) is 18.9. The van der Waals surface area contributed by atoms with Crippen LogP contribution in [0.5, 0.6) is 0 Å². The van der Waals surface area contributed by atoms with Crippen LogP contribution < -0.4 is 5.32 Å². The minimum Gasteiger partial charge on any atom is -0.444 e. The second-order valence-electron chi connectivity index (χ2n) is 9.84. The molecule has 0 unspecified atom stereocenters. The van der Waals surface area contributed by atoms with Crippen molar-refractivity contribution >= 4 is 6.09 Å². The second kappa shape index (κ2) is 8.99. The molecule has 1 amide bonds. The first-order chi connectivity index (χ1) is 14.8. The van der Waals surface area contributed by atoms with Crippen LogP contribution >= 0.6 is 0 Å². The van der Waals surface area contributed by atoms with Crippen LogP contribution in [0.2, 0.25) is 0 Å². The third kappa shape index (κ3) is 5.26. The van der Waals surface area contributed by atoms with Crippen LogP contribution in [0.25, 0.3) is 0 Å². The van der Waals surface area contributed by atoms with Crippen molar-refractivity contribution in [3.05, 3.63) is 47.6 Å². The Kier molecular flexibility index (Phi) is 6.32. The molecule has 1 saturated carbocycles. The molecule has 1 aromatic heterocycles. The van der Waals surface area contributed by atoms with Crippen molar-refractivity contribution in [3.63, 3.8) is 0 Å². The van der Waals surface area contributed by atoms with Gasteiger partial charge in [-0.15, -0.1) is 0 Å². The Bertz CT molecular complexity index is 868. The van der Waals surface area contributed by atoms with E-state index in [1.54, 1.807) is 0 Å². The number of hydrogen-bond acceptors (Lipinski definition) is 6. The molecule has 7 heteroatoms. The first kappa shape index (κ1) is 21.8. The van der Waals surface area contributed by atoms with Crippen molar-refractivity contribution in [1.82, 2.24) is 20.4 Å². The number of aromatic nitrogens is 2. The number of alkyl carbamates (subject to hydrolysis) is 1. The van der Waals surface area contributed by atoms with Crippen molar-refractivity contribution in [2.45, 2.75) is 89.4 Å². The molecule has 7 nitrogen and oxygen atoms in total. The van der Waals surface area contributed by atoms with Crippen molar-refractivity contribution in [2.24, 2.45) is 0 Å². The number of likely N-dealkylation sites (tertiary alicyclic amines) is 1. The van der Waals surface area contributed by atoms with Gasteiger partial charge < -0.3 is 14.6 Å². The summed E-state index contributed by atoms with van der Waals surface area (Å²) in [5.41, 5.74) is 0.128. The highest BCUT2D eigenvalue weighted by Gasteiger charge is 2.43. The molecule has 4 rings (SSSR count). The number of hydrogen-bond donors (Lipinski definition) is 1. The highest BCUT2D eigenvalue weighted by molar-refractivity contribution is 5.69. The molecule has 1 atom stereocenters. The van der Waals surface area contributed by atoms with Crippen molar-refractivity contribution in [2.75, 3.05) is 6.54 Å². The summed E-state index contributed by atoms with van der Waals surface area (Å²) < 4.78 is 11.3. The van der Waals surface area contributed by atoms with Gasteiger partial charge >= 0.3 is 6.09 Å². The molecule has 1 aliphatic carbocycles. The lowest BCUT2D eigenvalue weighted by atomic mass is 9.96. The number of carbonyl (C=O) groups is 1. The van der Waals surface area contributed by atoms with Gasteiger partial charge in [0.05, 0.1) is 6.04 Å². The summed E-state index contributed by atoms with van der Waals surface area (Å²) in [5, 5.41) is 7.43. The molecule has 31 heavy (non-hydrogen) atoms. The Morgan fingerprint density at radius 1 is 1.19 bits per heavy atom. The van der Waals surface area contributed by atoms with Gasteiger partial charge in [0, 0.05) is 6.54 Å². The first-order valence-corrected chi connectivity index (χ1v) is 11.5. The molecule has 0 bridgehead atoms. The van der Waals surface area contributed by atoms with Gasteiger partial charge in [0.25, 0.3) is 0 Å². The normalized spacial score (nSPS) is 21.7. The summed E-state index contributed by atoms with van der Waals surface area (Å²) in [6.45, 7) is 7.48. The summed E-state index contributed by atoms with van der Waals surface area (Å²) in [6, 6.07) is 10.6. The number of benzene rings is 1. The zero-order chi connectivity index (χ0) is 21.9. The molecule has 0 radical (unpaired) electrons. The van der Waals surface area contributed by atoms with E-state index in [4.69, 9.17) is 14.2 Å². The Labute approximate surface area is 184 Å². The van der Waals surface area contributed by atoms with Crippen LogP contribution in [0.3, 0.4) is 0 Å². The number of ether oxygens (including phenoxy) is 1. The maximum atomic E-state index is 12.5. The van der Waals surface area contributed by atoms with Gasteiger partial charge in [0.1, 0.15) is 11.1 Å². The van der Waals surface area contributed by atoms with Crippen LogP contribution in [-0.2, 0) is 16.8 Å².